The van der Waals surface area contributed by atoms with E-state index in [9.17, 15) is 4.79 Å². The number of nitrogens with one attached hydrogen (secondary N) is 2. The molecule has 0 aliphatic rings. The number of carbonyl (C=O) groups excluding carboxylic acids is 1. The molecule has 0 aliphatic heterocycles. The van der Waals surface area contributed by atoms with Crippen molar-refractivity contribution in [2.24, 2.45) is 0 Å². The van der Waals surface area contributed by atoms with E-state index in [4.69, 9.17) is 4.42 Å². The lowest BCUT2D eigenvalue weighted by Crippen LogP contribution is -2.26. The number of H-pyrrole nitrogens is 1. The van der Waals surface area contributed by atoms with E-state index < -0.39 is 0 Å². The lowest BCUT2D eigenvalue weighted by molar-refractivity contribution is -0.121. The molecule has 0 fully saturated rings. The van der Waals surface area contributed by atoms with Crippen molar-refractivity contribution in [3.05, 3.63) is 40.6 Å². The lowest BCUT2D eigenvalue weighted by atomic mass is 10.3. The number of aryl methyl sites for hydroxylation is 3. The van der Waals surface area contributed by atoms with E-state index in [0.29, 0.717) is 37.6 Å². The Morgan fingerprint density at radius 2 is 2.17 bits per heavy atom. The molecule has 0 radical (unpaired) electrons. The molecule has 2 N–H and O–H groups in total. The number of imidazole rings is 1. The van der Waals surface area contributed by atoms with E-state index >= 15 is 0 Å². The zero-order valence-electron chi connectivity index (χ0n) is 13.6. The van der Waals surface area contributed by atoms with Gasteiger partial charge in [0.15, 0.2) is 0 Å². The summed E-state index contributed by atoms with van der Waals surface area (Å²) in [6.07, 6.45) is 3.22. The second-order valence-electron chi connectivity index (χ2n) is 5.52. The van der Waals surface area contributed by atoms with Crippen molar-refractivity contribution < 1.29 is 9.21 Å². The summed E-state index contributed by atoms with van der Waals surface area (Å²) in [5, 5.41) is 10.9. The van der Waals surface area contributed by atoms with Gasteiger partial charge in [0.05, 0.1) is 4.88 Å². The quantitative estimate of drug-likeness (QED) is 0.685. The Bertz CT molecular complexity index is 820. The number of aromatic amines is 1. The van der Waals surface area contributed by atoms with Gasteiger partial charge in [0.25, 0.3) is 5.89 Å². The third kappa shape index (κ3) is 4.29. The molecule has 0 bridgehead atoms. The molecule has 126 valence electrons. The molecule has 3 rings (SSSR count). The van der Waals surface area contributed by atoms with E-state index in [0.717, 1.165) is 16.4 Å². The Balaban J connectivity index is 1.42. The van der Waals surface area contributed by atoms with E-state index in [1.807, 2.05) is 26.0 Å². The van der Waals surface area contributed by atoms with Gasteiger partial charge >= 0.3 is 0 Å². The van der Waals surface area contributed by atoms with Gasteiger partial charge in [0.2, 0.25) is 11.8 Å². The minimum Gasteiger partial charge on any atom is -0.420 e. The van der Waals surface area contributed by atoms with Crippen LogP contribution in [0.1, 0.15) is 28.7 Å². The Morgan fingerprint density at radius 3 is 2.88 bits per heavy atom. The Labute approximate surface area is 143 Å². The van der Waals surface area contributed by atoms with Crippen LogP contribution < -0.4 is 5.32 Å². The molecule has 0 spiro atoms. The number of hydrogen-bond acceptors (Lipinski definition) is 6. The molecule has 0 saturated carbocycles. The summed E-state index contributed by atoms with van der Waals surface area (Å²) in [5.41, 5.74) is 1.02. The normalized spacial score (nSPS) is 10.9. The molecule has 0 atom stereocenters. The highest BCUT2D eigenvalue weighted by atomic mass is 32.1. The van der Waals surface area contributed by atoms with Gasteiger partial charge in [0, 0.05) is 42.6 Å². The standard InChI is InChI=1S/C16H19N5O2S/c1-10-9-18-13(19-10)7-8-17-14(22)5-6-15-20-21-16(23-15)12-4-3-11(2)24-12/h3-4,9H,5-8H2,1-2H3,(H,17,22)(H,18,19). The van der Waals surface area contributed by atoms with Crippen molar-refractivity contribution in [1.29, 1.82) is 0 Å². The van der Waals surface area contributed by atoms with Gasteiger partial charge in [-0.15, -0.1) is 21.5 Å². The highest BCUT2D eigenvalue weighted by molar-refractivity contribution is 7.15. The van der Waals surface area contributed by atoms with Gasteiger partial charge in [-0.2, -0.15) is 0 Å². The summed E-state index contributed by atoms with van der Waals surface area (Å²) < 4.78 is 5.60. The van der Waals surface area contributed by atoms with Gasteiger partial charge in [-0.25, -0.2) is 4.98 Å². The first kappa shape index (κ1) is 16.4. The van der Waals surface area contributed by atoms with Crippen LogP contribution >= 0.6 is 11.3 Å². The second-order valence-corrected chi connectivity index (χ2v) is 6.81. The molecular weight excluding hydrogens is 326 g/mol. The average Bonchev–Trinajstić information content (AvgIpc) is 3.26. The van der Waals surface area contributed by atoms with Crippen LogP contribution in [-0.2, 0) is 17.6 Å². The summed E-state index contributed by atoms with van der Waals surface area (Å²) in [4.78, 5) is 21.3. The van der Waals surface area contributed by atoms with Crippen LogP contribution in [0.4, 0.5) is 0 Å². The highest BCUT2D eigenvalue weighted by Crippen LogP contribution is 2.26. The van der Waals surface area contributed by atoms with Crippen LogP contribution in [0, 0.1) is 13.8 Å². The number of nitrogens with zero attached hydrogens (tertiary/aromatic N) is 3. The zero-order valence-corrected chi connectivity index (χ0v) is 14.4. The summed E-state index contributed by atoms with van der Waals surface area (Å²) in [6.45, 7) is 4.53. The molecule has 3 aromatic heterocycles. The SMILES string of the molecule is Cc1cnc(CCNC(=O)CCc2nnc(-c3ccc(C)s3)o2)[nH]1. The zero-order chi connectivity index (χ0) is 16.9. The second kappa shape index (κ2) is 7.39. The predicted octanol–water partition coefficient (Wildman–Crippen LogP) is 2.43. The van der Waals surface area contributed by atoms with Crippen LogP contribution in [0.25, 0.3) is 10.8 Å². The highest BCUT2D eigenvalue weighted by Gasteiger charge is 2.12. The third-order valence-electron chi connectivity index (χ3n) is 3.42. The molecule has 0 aliphatic carbocycles. The number of rotatable bonds is 7. The number of aromatic nitrogens is 4. The van der Waals surface area contributed by atoms with Gasteiger partial charge in [0.1, 0.15) is 5.82 Å². The van der Waals surface area contributed by atoms with Crippen molar-refractivity contribution in [2.75, 3.05) is 6.54 Å². The monoisotopic (exact) mass is 345 g/mol. The minimum atomic E-state index is -0.0370. The maximum absolute atomic E-state index is 11.9. The van der Waals surface area contributed by atoms with E-state index in [2.05, 4.69) is 25.5 Å². The third-order valence-corrected chi connectivity index (χ3v) is 4.41. The molecule has 0 unspecified atom stereocenters. The Kier molecular flexibility index (Phi) is 5.05. The fraction of sp³-hybridized carbons (Fsp3) is 0.375. The first-order valence-corrected chi connectivity index (χ1v) is 8.58. The lowest BCUT2D eigenvalue weighted by Gasteiger charge is -2.02. The maximum atomic E-state index is 11.9. The number of hydrogen-bond donors (Lipinski definition) is 2. The first-order chi connectivity index (χ1) is 11.6. The largest absolute Gasteiger partial charge is 0.420 e. The van der Waals surface area contributed by atoms with Gasteiger partial charge in [-0.05, 0) is 26.0 Å². The van der Waals surface area contributed by atoms with Crippen LogP contribution in [0.5, 0.6) is 0 Å². The summed E-state index contributed by atoms with van der Waals surface area (Å²) in [7, 11) is 0. The minimum absolute atomic E-state index is 0.0370. The molecule has 1 amide bonds. The number of amides is 1. The number of thiophene rings is 1. The fourth-order valence-corrected chi connectivity index (χ4v) is 3.02. The molecule has 8 heteroatoms. The topological polar surface area (TPSA) is 96.7 Å². The predicted molar refractivity (Wildman–Crippen MR) is 90.7 cm³/mol. The molecule has 0 saturated heterocycles. The fourth-order valence-electron chi connectivity index (χ4n) is 2.23. The number of carbonyl (C=O) groups is 1. The van der Waals surface area contributed by atoms with E-state index in [1.165, 1.54) is 4.88 Å². The van der Waals surface area contributed by atoms with E-state index in [-0.39, 0.29) is 5.91 Å². The summed E-state index contributed by atoms with van der Waals surface area (Å²) in [6, 6.07) is 3.97. The van der Waals surface area contributed by atoms with Gasteiger partial charge in [-0.3, -0.25) is 4.79 Å². The summed E-state index contributed by atoms with van der Waals surface area (Å²) >= 11 is 1.60. The molecular formula is C16H19N5O2S. The van der Waals surface area contributed by atoms with Crippen LogP contribution in [0.2, 0.25) is 0 Å². The van der Waals surface area contributed by atoms with Crippen molar-refractivity contribution in [3.63, 3.8) is 0 Å². The van der Waals surface area contributed by atoms with Crippen molar-refractivity contribution in [1.82, 2.24) is 25.5 Å². The molecule has 0 aromatic carbocycles. The molecule has 24 heavy (non-hydrogen) atoms. The van der Waals surface area contributed by atoms with Gasteiger partial charge in [-0.1, -0.05) is 0 Å². The van der Waals surface area contributed by atoms with Gasteiger partial charge < -0.3 is 14.7 Å². The molecule has 3 aromatic rings. The van der Waals surface area contributed by atoms with E-state index in [1.54, 1.807) is 17.5 Å². The Hall–Kier alpha value is -2.48. The molecule has 7 nitrogen and oxygen atoms in total. The van der Waals surface area contributed by atoms with Crippen LogP contribution in [0.15, 0.2) is 22.7 Å². The first-order valence-electron chi connectivity index (χ1n) is 7.76. The molecule has 3 heterocycles. The average molecular weight is 345 g/mol. The Morgan fingerprint density at radius 1 is 1.29 bits per heavy atom. The maximum Gasteiger partial charge on any atom is 0.257 e. The van der Waals surface area contributed by atoms with Crippen molar-refractivity contribution >= 4 is 17.2 Å². The van der Waals surface area contributed by atoms with Crippen molar-refractivity contribution in [3.8, 4) is 10.8 Å². The van der Waals surface area contributed by atoms with Crippen LogP contribution in [0.3, 0.4) is 0 Å². The summed E-state index contributed by atoms with van der Waals surface area (Å²) in [5.74, 6) is 1.83. The van der Waals surface area contributed by atoms with Crippen molar-refractivity contribution in [2.45, 2.75) is 33.1 Å². The van der Waals surface area contributed by atoms with Crippen LogP contribution in [-0.4, -0.2) is 32.6 Å². The smallest absolute Gasteiger partial charge is 0.257 e.